The minimum Gasteiger partial charge on any atom is -0.313 e. The summed E-state index contributed by atoms with van der Waals surface area (Å²) in [6.07, 6.45) is 8.20. The second-order valence-electron chi connectivity index (χ2n) is 6.18. The first kappa shape index (κ1) is 14.3. The van der Waals surface area contributed by atoms with Gasteiger partial charge in [-0.15, -0.1) is 0 Å². The maximum absolute atomic E-state index is 3.70. The van der Waals surface area contributed by atoms with Crippen LogP contribution >= 0.6 is 0 Å². The van der Waals surface area contributed by atoms with Gasteiger partial charge in [-0.3, -0.25) is 4.90 Å². The molecule has 106 valence electrons. The first-order valence-corrected chi connectivity index (χ1v) is 7.95. The molecule has 2 rings (SSSR count). The van der Waals surface area contributed by atoms with E-state index in [0.717, 1.165) is 12.1 Å². The number of piperidine rings is 2. The first-order valence-electron chi connectivity index (χ1n) is 7.95. The van der Waals surface area contributed by atoms with Gasteiger partial charge in [0.05, 0.1) is 0 Å². The van der Waals surface area contributed by atoms with Crippen molar-refractivity contribution in [3.8, 4) is 0 Å². The molecule has 2 saturated heterocycles. The summed E-state index contributed by atoms with van der Waals surface area (Å²) in [5, 5.41) is 3.70. The lowest BCUT2D eigenvalue weighted by molar-refractivity contribution is 0.106. The fourth-order valence-electron chi connectivity index (χ4n) is 3.43. The van der Waals surface area contributed by atoms with Gasteiger partial charge in [0.1, 0.15) is 0 Å². The molecule has 0 aromatic rings. The van der Waals surface area contributed by atoms with E-state index < -0.39 is 0 Å². The molecule has 1 atom stereocenters. The third-order valence-electron chi connectivity index (χ3n) is 4.58. The Bertz CT molecular complexity index is 218. The molecule has 2 fully saturated rings. The molecule has 0 bridgehead atoms. The minimum absolute atomic E-state index is 0.755. The number of hydrogen-bond acceptors (Lipinski definition) is 3. The van der Waals surface area contributed by atoms with Crippen molar-refractivity contribution in [2.24, 2.45) is 0 Å². The predicted octanol–water partition coefficient (Wildman–Crippen LogP) is 1.93. The normalized spacial score (nSPS) is 27.8. The standard InChI is InChI=1S/C15H31N3/c1-3-10-18(13-14-6-4-5-9-16-14)15-7-11-17(2)12-8-15/h14-16H,3-13H2,1-2H3. The molecule has 1 N–H and O–H groups in total. The van der Waals surface area contributed by atoms with Crippen molar-refractivity contribution >= 4 is 0 Å². The Kier molecular flexibility index (Phi) is 5.93. The highest BCUT2D eigenvalue weighted by molar-refractivity contribution is 4.83. The Hall–Kier alpha value is -0.120. The van der Waals surface area contributed by atoms with Gasteiger partial charge in [-0.2, -0.15) is 0 Å². The summed E-state index contributed by atoms with van der Waals surface area (Å²) >= 11 is 0. The molecular weight excluding hydrogens is 222 g/mol. The van der Waals surface area contributed by atoms with Crippen LogP contribution in [0.5, 0.6) is 0 Å². The van der Waals surface area contributed by atoms with E-state index >= 15 is 0 Å². The molecule has 0 radical (unpaired) electrons. The Morgan fingerprint density at radius 1 is 1.17 bits per heavy atom. The molecule has 18 heavy (non-hydrogen) atoms. The highest BCUT2D eigenvalue weighted by Crippen LogP contribution is 2.18. The summed E-state index contributed by atoms with van der Waals surface area (Å²) in [7, 11) is 2.25. The van der Waals surface area contributed by atoms with Crippen molar-refractivity contribution in [3.05, 3.63) is 0 Å². The molecular formula is C15H31N3. The van der Waals surface area contributed by atoms with E-state index in [1.165, 1.54) is 71.2 Å². The summed E-state index contributed by atoms with van der Waals surface area (Å²) in [5.41, 5.74) is 0. The van der Waals surface area contributed by atoms with Gasteiger partial charge in [-0.1, -0.05) is 13.3 Å². The van der Waals surface area contributed by atoms with E-state index in [1.54, 1.807) is 0 Å². The van der Waals surface area contributed by atoms with Crippen molar-refractivity contribution in [1.82, 2.24) is 15.1 Å². The number of nitrogens with one attached hydrogen (secondary N) is 1. The number of likely N-dealkylation sites (tertiary alicyclic amines) is 1. The highest BCUT2D eigenvalue weighted by atomic mass is 15.2. The molecule has 1 unspecified atom stereocenters. The van der Waals surface area contributed by atoms with Crippen molar-refractivity contribution in [1.29, 1.82) is 0 Å². The van der Waals surface area contributed by atoms with Crippen molar-refractivity contribution in [2.45, 2.75) is 57.5 Å². The first-order chi connectivity index (χ1) is 8.79. The largest absolute Gasteiger partial charge is 0.313 e. The Balaban J connectivity index is 1.82. The van der Waals surface area contributed by atoms with Crippen molar-refractivity contribution in [3.63, 3.8) is 0 Å². The zero-order valence-electron chi connectivity index (χ0n) is 12.3. The van der Waals surface area contributed by atoms with Crippen LogP contribution in [0.1, 0.15) is 45.4 Å². The van der Waals surface area contributed by atoms with E-state index in [-0.39, 0.29) is 0 Å². The van der Waals surface area contributed by atoms with Gasteiger partial charge in [0.2, 0.25) is 0 Å². The topological polar surface area (TPSA) is 18.5 Å². The number of hydrogen-bond donors (Lipinski definition) is 1. The van der Waals surface area contributed by atoms with Gasteiger partial charge < -0.3 is 10.2 Å². The molecule has 2 aliphatic rings. The quantitative estimate of drug-likeness (QED) is 0.808. The molecule has 0 amide bonds. The SMILES string of the molecule is CCCN(CC1CCCCN1)C1CCN(C)CC1. The molecule has 2 aliphatic heterocycles. The second kappa shape index (κ2) is 7.46. The maximum atomic E-state index is 3.70. The Labute approximate surface area is 113 Å². The zero-order valence-corrected chi connectivity index (χ0v) is 12.3. The van der Waals surface area contributed by atoms with E-state index in [9.17, 15) is 0 Å². The molecule has 0 aliphatic carbocycles. The second-order valence-corrected chi connectivity index (χ2v) is 6.18. The molecule has 0 aromatic carbocycles. The third kappa shape index (κ3) is 4.22. The summed E-state index contributed by atoms with van der Waals surface area (Å²) in [6, 6.07) is 1.59. The molecule has 3 heteroatoms. The van der Waals surface area contributed by atoms with Gasteiger partial charge in [-0.05, 0) is 65.3 Å². The van der Waals surface area contributed by atoms with Crippen LogP contribution in [-0.4, -0.2) is 61.7 Å². The average molecular weight is 253 g/mol. The average Bonchev–Trinajstić information content (AvgIpc) is 2.40. The minimum atomic E-state index is 0.755. The van der Waals surface area contributed by atoms with Crippen molar-refractivity contribution in [2.75, 3.05) is 39.8 Å². The third-order valence-corrected chi connectivity index (χ3v) is 4.58. The van der Waals surface area contributed by atoms with Gasteiger partial charge >= 0.3 is 0 Å². The summed E-state index contributed by atoms with van der Waals surface area (Å²) in [4.78, 5) is 5.25. The van der Waals surface area contributed by atoms with Crippen LogP contribution < -0.4 is 5.32 Å². The van der Waals surface area contributed by atoms with E-state index in [2.05, 4.69) is 29.1 Å². The van der Waals surface area contributed by atoms with Crippen LogP contribution in [0.2, 0.25) is 0 Å². The lowest BCUT2D eigenvalue weighted by atomic mass is 10.00. The van der Waals surface area contributed by atoms with Crippen LogP contribution in [0, 0.1) is 0 Å². The fourth-order valence-corrected chi connectivity index (χ4v) is 3.43. The van der Waals surface area contributed by atoms with Crippen LogP contribution in [0.25, 0.3) is 0 Å². The highest BCUT2D eigenvalue weighted by Gasteiger charge is 2.25. The van der Waals surface area contributed by atoms with Crippen molar-refractivity contribution < 1.29 is 0 Å². The number of rotatable bonds is 5. The van der Waals surface area contributed by atoms with Gasteiger partial charge in [-0.25, -0.2) is 0 Å². The maximum Gasteiger partial charge on any atom is 0.0195 e. The molecule has 0 saturated carbocycles. The Morgan fingerprint density at radius 3 is 2.56 bits per heavy atom. The summed E-state index contributed by atoms with van der Waals surface area (Å²) < 4.78 is 0. The molecule has 0 aromatic heterocycles. The molecule has 2 heterocycles. The lowest BCUT2D eigenvalue weighted by Gasteiger charge is -2.39. The molecule has 3 nitrogen and oxygen atoms in total. The van der Waals surface area contributed by atoms with E-state index in [4.69, 9.17) is 0 Å². The van der Waals surface area contributed by atoms with Gasteiger partial charge in [0.15, 0.2) is 0 Å². The van der Waals surface area contributed by atoms with Crippen LogP contribution in [0.4, 0.5) is 0 Å². The van der Waals surface area contributed by atoms with Crippen LogP contribution in [0.15, 0.2) is 0 Å². The number of nitrogens with zero attached hydrogens (tertiary/aromatic N) is 2. The fraction of sp³-hybridized carbons (Fsp3) is 1.00. The van der Waals surface area contributed by atoms with Crippen LogP contribution in [0.3, 0.4) is 0 Å². The van der Waals surface area contributed by atoms with E-state index in [1.807, 2.05) is 0 Å². The lowest BCUT2D eigenvalue weighted by Crippen LogP contribution is -2.50. The van der Waals surface area contributed by atoms with Crippen LogP contribution in [-0.2, 0) is 0 Å². The smallest absolute Gasteiger partial charge is 0.0195 e. The molecule has 0 spiro atoms. The summed E-state index contributed by atoms with van der Waals surface area (Å²) in [5.74, 6) is 0. The van der Waals surface area contributed by atoms with E-state index in [0.29, 0.717) is 0 Å². The Morgan fingerprint density at radius 2 is 1.94 bits per heavy atom. The van der Waals surface area contributed by atoms with Gasteiger partial charge in [0.25, 0.3) is 0 Å². The monoisotopic (exact) mass is 253 g/mol. The predicted molar refractivity (Wildman–Crippen MR) is 78.0 cm³/mol. The zero-order chi connectivity index (χ0) is 12.8. The summed E-state index contributed by atoms with van der Waals surface area (Å²) in [6.45, 7) is 8.68. The van der Waals surface area contributed by atoms with Gasteiger partial charge in [0, 0.05) is 18.6 Å².